The summed E-state index contributed by atoms with van der Waals surface area (Å²) >= 11 is 5.92. The van der Waals surface area contributed by atoms with E-state index in [1.165, 1.54) is 0 Å². The lowest BCUT2D eigenvalue weighted by Gasteiger charge is -2.33. The minimum absolute atomic E-state index is 0.0307. The van der Waals surface area contributed by atoms with Crippen molar-refractivity contribution in [3.05, 3.63) is 22.5 Å². The van der Waals surface area contributed by atoms with Crippen molar-refractivity contribution in [2.75, 3.05) is 13.1 Å². The van der Waals surface area contributed by atoms with Crippen LogP contribution in [0.4, 0.5) is 18.0 Å². The number of halogens is 4. The van der Waals surface area contributed by atoms with Crippen LogP contribution in [0.3, 0.4) is 0 Å². The zero-order chi connectivity index (χ0) is 18.8. The summed E-state index contributed by atoms with van der Waals surface area (Å²) in [6.45, 7) is 6.49. The van der Waals surface area contributed by atoms with Crippen LogP contribution in [-0.4, -0.2) is 39.9 Å². The van der Waals surface area contributed by atoms with Gasteiger partial charge in [-0.25, -0.2) is 4.79 Å². The average molecular weight is 380 g/mol. The molecule has 0 saturated carbocycles. The Balaban J connectivity index is 1.91. The minimum Gasteiger partial charge on any atom is -0.444 e. The fraction of sp³-hybridized carbons (Fsp3) is 0.688. The second-order valence-corrected chi connectivity index (χ2v) is 7.54. The summed E-state index contributed by atoms with van der Waals surface area (Å²) < 4.78 is 43.1. The molecule has 0 N–H and O–H groups in total. The Morgan fingerprint density at radius 1 is 1.28 bits per heavy atom. The molecule has 1 aliphatic rings. The van der Waals surface area contributed by atoms with Gasteiger partial charge in [-0.3, -0.25) is 0 Å². The van der Waals surface area contributed by atoms with Crippen molar-refractivity contribution in [3.8, 4) is 0 Å². The molecule has 1 amide bonds. The van der Waals surface area contributed by atoms with Crippen LogP contribution in [0.2, 0.25) is 5.02 Å². The fourth-order valence-electron chi connectivity index (χ4n) is 2.59. The average Bonchev–Trinajstić information content (AvgIpc) is 2.47. The Morgan fingerprint density at radius 3 is 2.36 bits per heavy atom. The van der Waals surface area contributed by atoms with E-state index >= 15 is 0 Å². The van der Waals surface area contributed by atoms with Crippen LogP contribution in [0, 0.1) is 5.92 Å². The van der Waals surface area contributed by atoms with E-state index in [0.29, 0.717) is 38.0 Å². The van der Waals surface area contributed by atoms with Crippen molar-refractivity contribution in [2.45, 2.75) is 51.8 Å². The van der Waals surface area contributed by atoms with E-state index in [9.17, 15) is 18.0 Å². The normalized spacial score (nSPS) is 16.8. The summed E-state index contributed by atoms with van der Waals surface area (Å²) in [5.74, 6) is 0.183. The zero-order valence-electron chi connectivity index (χ0n) is 14.4. The lowest BCUT2D eigenvalue weighted by Crippen LogP contribution is -2.42. The highest BCUT2D eigenvalue weighted by Gasteiger charge is 2.34. The summed E-state index contributed by atoms with van der Waals surface area (Å²) in [5, 5.41) is 6.82. The van der Waals surface area contributed by atoms with Gasteiger partial charge in [0.05, 0.1) is 10.7 Å². The highest BCUT2D eigenvalue weighted by Crippen LogP contribution is 2.31. The van der Waals surface area contributed by atoms with Gasteiger partial charge in [-0.1, -0.05) is 11.6 Å². The topological polar surface area (TPSA) is 55.3 Å². The highest BCUT2D eigenvalue weighted by molar-refractivity contribution is 6.31. The SMILES string of the molecule is CC(C)(C)OC(=O)N1CCC(Cc2nnc(C(F)(F)F)cc2Cl)CC1. The first-order valence-corrected chi connectivity index (χ1v) is 8.41. The van der Waals surface area contributed by atoms with Gasteiger partial charge in [-0.15, -0.1) is 5.10 Å². The monoisotopic (exact) mass is 379 g/mol. The van der Waals surface area contributed by atoms with Gasteiger partial charge in [-0.05, 0) is 52.0 Å². The van der Waals surface area contributed by atoms with Crippen molar-refractivity contribution in [1.82, 2.24) is 15.1 Å². The maximum atomic E-state index is 12.6. The summed E-state index contributed by atoms with van der Waals surface area (Å²) in [6.07, 6.45) is -3.06. The molecule has 1 aliphatic heterocycles. The summed E-state index contributed by atoms with van der Waals surface area (Å²) in [6, 6.07) is 0.805. The quantitative estimate of drug-likeness (QED) is 0.767. The molecule has 140 valence electrons. The number of rotatable bonds is 2. The number of aromatic nitrogens is 2. The molecule has 1 saturated heterocycles. The van der Waals surface area contributed by atoms with E-state index < -0.39 is 17.5 Å². The molecule has 0 aliphatic carbocycles. The maximum absolute atomic E-state index is 12.6. The first kappa shape index (κ1) is 19.8. The Labute approximate surface area is 149 Å². The Kier molecular flexibility index (Phi) is 5.81. The molecular formula is C16H21ClF3N3O2. The smallest absolute Gasteiger partial charge is 0.435 e. The zero-order valence-corrected chi connectivity index (χ0v) is 15.1. The van der Waals surface area contributed by atoms with Gasteiger partial charge in [0, 0.05) is 13.1 Å². The van der Waals surface area contributed by atoms with E-state index in [1.54, 1.807) is 4.90 Å². The Bertz CT molecular complexity index is 624. The number of carbonyl (C=O) groups excluding carboxylic acids is 1. The summed E-state index contributed by atoms with van der Waals surface area (Å²) in [5.41, 5.74) is -1.29. The molecule has 1 aromatic heterocycles. The van der Waals surface area contributed by atoms with Crippen LogP contribution in [0.1, 0.15) is 45.0 Å². The third-order valence-electron chi connectivity index (χ3n) is 3.86. The molecule has 2 rings (SSSR count). The van der Waals surface area contributed by atoms with Gasteiger partial charge in [0.1, 0.15) is 5.60 Å². The van der Waals surface area contributed by atoms with Crippen LogP contribution >= 0.6 is 11.6 Å². The van der Waals surface area contributed by atoms with E-state index in [0.717, 1.165) is 6.07 Å². The number of carbonyl (C=O) groups is 1. The number of alkyl halides is 3. The first-order valence-electron chi connectivity index (χ1n) is 8.03. The maximum Gasteiger partial charge on any atom is 0.435 e. The van der Waals surface area contributed by atoms with Crippen molar-refractivity contribution < 1.29 is 22.7 Å². The predicted molar refractivity (Wildman–Crippen MR) is 86.3 cm³/mol. The number of nitrogens with zero attached hydrogens (tertiary/aromatic N) is 3. The van der Waals surface area contributed by atoms with Gasteiger partial charge in [-0.2, -0.15) is 18.3 Å². The van der Waals surface area contributed by atoms with Gasteiger partial charge < -0.3 is 9.64 Å². The van der Waals surface area contributed by atoms with Crippen LogP contribution in [0.25, 0.3) is 0 Å². The molecule has 0 spiro atoms. The highest BCUT2D eigenvalue weighted by atomic mass is 35.5. The molecule has 0 radical (unpaired) electrons. The molecule has 5 nitrogen and oxygen atoms in total. The van der Waals surface area contributed by atoms with Gasteiger partial charge in [0.15, 0.2) is 5.69 Å². The summed E-state index contributed by atoms with van der Waals surface area (Å²) in [7, 11) is 0. The van der Waals surface area contributed by atoms with Crippen LogP contribution < -0.4 is 0 Å². The largest absolute Gasteiger partial charge is 0.444 e. The van der Waals surface area contributed by atoms with E-state index in [2.05, 4.69) is 10.2 Å². The number of hydrogen-bond donors (Lipinski definition) is 0. The van der Waals surface area contributed by atoms with Crippen molar-refractivity contribution >= 4 is 17.7 Å². The van der Waals surface area contributed by atoms with Gasteiger partial charge in [0.2, 0.25) is 0 Å². The number of amides is 1. The molecule has 25 heavy (non-hydrogen) atoms. The van der Waals surface area contributed by atoms with Crippen molar-refractivity contribution in [2.24, 2.45) is 5.92 Å². The minimum atomic E-state index is -4.56. The van der Waals surface area contributed by atoms with E-state index in [4.69, 9.17) is 16.3 Å². The molecule has 0 bridgehead atoms. The number of ether oxygens (including phenoxy) is 1. The Hall–Kier alpha value is -1.57. The number of hydrogen-bond acceptors (Lipinski definition) is 4. The van der Waals surface area contributed by atoms with Crippen molar-refractivity contribution in [3.63, 3.8) is 0 Å². The van der Waals surface area contributed by atoms with Crippen LogP contribution in [0.15, 0.2) is 6.07 Å². The fourth-order valence-corrected chi connectivity index (χ4v) is 2.81. The second kappa shape index (κ2) is 7.35. The van der Waals surface area contributed by atoms with Gasteiger partial charge in [0.25, 0.3) is 0 Å². The molecule has 1 aromatic rings. The number of likely N-dealkylation sites (tertiary alicyclic amines) is 1. The van der Waals surface area contributed by atoms with Crippen LogP contribution in [-0.2, 0) is 17.3 Å². The molecule has 2 heterocycles. The van der Waals surface area contributed by atoms with E-state index in [-0.39, 0.29) is 17.0 Å². The van der Waals surface area contributed by atoms with Crippen LogP contribution in [0.5, 0.6) is 0 Å². The molecule has 0 unspecified atom stereocenters. The summed E-state index contributed by atoms with van der Waals surface area (Å²) in [4.78, 5) is 13.7. The van der Waals surface area contributed by atoms with Gasteiger partial charge >= 0.3 is 12.3 Å². The molecule has 1 fully saturated rings. The Morgan fingerprint density at radius 2 is 1.88 bits per heavy atom. The lowest BCUT2D eigenvalue weighted by molar-refractivity contribution is -0.141. The third-order valence-corrected chi connectivity index (χ3v) is 4.18. The predicted octanol–water partition coefficient (Wildman–Crippen LogP) is 4.34. The lowest BCUT2D eigenvalue weighted by atomic mass is 9.92. The second-order valence-electron chi connectivity index (χ2n) is 7.14. The molecular weight excluding hydrogens is 359 g/mol. The third kappa shape index (κ3) is 5.73. The van der Waals surface area contributed by atoms with E-state index in [1.807, 2.05) is 20.8 Å². The first-order chi connectivity index (χ1) is 11.5. The van der Waals surface area contributed by atoms with Crippen molar-refractivity contribution in [1.29, 1.82) is 0 Å². The number of piperidine rings is 1. The molecule has 9 heteroatoms. The molecule has 0 atom stereocenters. The molecule has 0 aromatic carbocycles. The standard InChI is InChI=1S/C16H21ClF3N3O2/c1-15(2,3)25-14(24)23-6-4-10(5-7-23)8-12-11(17)9-13(22-21-12)16(18,19)20/h9-10H,4-8H2,1-3H3.